The zero-order valence-electron chi connectivity index (χ0n) is 15.3. The molecular formula is C20H30N4O. The van der Waals surface area contributed by atoms with E-state index in [1.165, 1.54) is 57.8 Å². The molecule has 0 aliphatic heterocycles. The lowest BCUT2D eigenvalue weighted by atomic mass is 9.97. The SMILES string of the molecule is Cc1nnc2cc(C(=O)NC3CCCCCCCCCCC3)ccn12. The molecule has 1 aliphatic rings. The lowest BCUT2D eigenvalue weighted by Crippen LogP contribution is -2.35. The quantitative estimate of drug-likeness (QED) is 0.877. The van der Waals surface area contributed by atoms with E-state index >= 15 is 0 Å². The Balaban J connectivity index is 1.61. The van der Waals surface area contributed by atoms with Crippen LogP contribution >= 0.6 is 0 Å². The molecule has 1 fully saturated rings. The molecule has 2 aromatic heterocycles. The summed E-state index contributed by atoms with van der Waals surface area (Å²) in [6.45, 7) is 1.91. The molecule has 136 valence electrons. The average molecular weight is 342 g/mol. The second kappa shape index (κ2) is 8.97. The fourth-order valence-corrected chi connectivity index (χ4v) is 3.73. The predicted molar refractivity (Wildman–Crippen MR) is 99.8 cm³/mol. The Hall–Kier alpha value is -1.91. The first-order chi connectivity index (χ1) is 12.2. The van der Waals surface area contributed by atoms with Crippen molar-refractivity contribution in [2.75, 3.05) is 0 Å². The van der Waals surface area contributed by atoms with E-state index < -0.39 is 0 Å². The van der Waals surface area contributed by atoms with Crippen LogP contribution in [0.4, 0.5) is 0 Å². The highest BCUT2D eigenvalue weighted by Gasteiger charge is 2.15. The van der Waals surface area contributed by atoms with Crippen LogP contribution in [0.1, 0.15) is 86.8 Å². The topological polar surface area (TPSA) is 59.3 Å². The van der Waals surface area contributed by atoms with Crippen LogP contribution in [0.3, 0.4) is 0 Å². The molecule has 1 aliphatic carbocycles. The van der Waals surface area contributed by atoms with Crippen molar-refractivity contribution in [3.05, 3.63) is 29.7 Å². The van der Waals surface area contributed by atoms with E-state index in [2.05, 4.69) is 15.5 Å². The van der Waals surface area contributed by atoms with Crippen LogP contribution in [0.25, 0.3) is 5.65 Å². The van der Waals surface area contributed by atoms with E-state index in [1.54, 1.807) is 0 Å². The molecule has 5 heteroatoms. The van der Waals surface area contributed by atoms with Crippen molar-refractivity contribution in [3.8, 4) is 0 Å². The summed E-state index contributed by atoms with van der Waals surface area (Å²) in [7, 11) is 0. The summed E-state index contributed by atoms with van der Waals surface area (Å²) >= 11 is 0. The van der Waals surface area contributed by atoms with Gasteiger partial charge < -0.3 is 5.32 Å². The van der Waals surface area contributed by atoms with Crippen molar-refractivity contribution in [1.82, 2.24) is 19.9 Å². The van der Waals surface area contributed by atoms with Crippen LogP contribution in [0, 0.1) is 6.92 Å². The lowest BCUT2D eigenvalue weighted by Gasteiger charge is -2.19. The van der Waals surface area contributed by atoms with Crippen LogP contribution in [0.15, 0.2) is 18.3 Å². The number of pyridine rings is 1. The van der Waals surface area contributed by atoms with Gasteiger partial charge in [0.05, 0.1) is 0 Å². The van der Waals surface area contributed by atoms with Gasteiger partial charge in [0.1, 0.15) is 5.82 Å². The van der Waals surface area contributed by atoms with E-state index in [9.17, 15) is 4.79 Å². The Labute approximate surface area is 150 Å². The fourth-order valence-electron chi connectivity index (χ4n) is 3.73. The van der Waals surface area contributed by atoms with Gasteiger partial charge in [0, 0.05) is 17.8 Å². The molecule has 0 saturated heterocycles. The number of nitrogens with zero attached hydrogens (tertiary/aromatic N) is 3. The molecule has 2 aromatic rings. The van der Waals surface area contributed by atoms with Crippen LogP contribution in [-0.4, -0.2) is 26.5 Å². The molecule has 5 nitrogen and oxygen atoms in total. The normalized spacial score (nSPS) is 18.4. The van der Waals surface area contributed by atoms with Crippen molar-refractivity contribution in [1.29, 1.82) is 0 Å². The third kappa shape index (κ3) is 5.03. The third-order valence-corrected chi connectivity index (χ3v) is 5.28. The second-order valence-corrected chi connectivity index (χ2v) is 7.32. The van der Waals surface area contributed by atoms with E-state index in [1.807, 2.05) is 29.7 Å². The monoisotopic (exact) mass is 342 g/mol. The first-order valence-corrected chi connectivity index (χ1v) is 9.86. The molecule has 25 heavy (non-hydrogen) atoms. The van der Waals surface area contributed by atoms with Crippen LogP contribution in [0.2, 0.25) is 0 Å². The highest BCUT2D eigenvalue weighted by Crippen LogP contribution is 2.17. The molecule has 0 unspecified atom stereocenters. The number of hydrogen-bond donors (Lipinski definition) is 1. The van der Waals surface area contributed by atoms with Gasteiger partial charge in [-0.15, -0.1) is 10.2 Å². The molecule has 3 rings (SSSR count). The van der Waals surface area contributed by atoms with E-state index in [-0.39, 0.29) is 5.91 Å². The van der Waals surface area contributed by atoms with E-state index in [0.717, 1.165) is 24.3 Å². The number of aryl methyl sites for hydroxylation is 1. The standard InChI is InChI=1S/C20H30N4O/c1-16-22-23-19-15-17(13-14-24(16)19)20(25)21-18-11-9-7-5-3-2-4-6-8-10-12-18/h13-15,18H,2-12H2,1H3,(H,21,25). The Morgan fingerprint density at radius 2 is 1.60 bits per heavy atom. The van der Waals surface area contributed by atoms with Gasteiger partial charge in [-0.25, -0.2) is 0 Å². The van der Waals surface area contributed by atoms with E-state index in [0.29, 0.717) is 11.6 Å². The van der Waals surface area contributed by atoms with Crippen LogP contribution < -0.4 is 5.32 Å². The number of carbonyl (C=O) groups excluding carboxylic acids is 1. The molecule has 0 aromatic carbocycles. The Morgan fingerprint density at radius 1 is 1.00 bits per heavy atom. The minimum Gasteiger partial charge on any atom is -0.349 e. The predicted octanol–water partition coefficient (Wildman–Crippen LogP) is 4.44. The molecule has 0 bridgehead atoms. The number of rotatable bonds is 2. The van der Waals surface area contributed by atoms with Gasteiger partial charge in [-0.2, -0.15) is 0 Å². The molecule has 0 atom stereocenters. The third-order valence-electron chi connectivity index (χ3n) is 5.28. The molecule has 1 amide bonds. The zero-order chi connectivity index (χ0) is 17.5. The van der Waals surface area contributed by atoms with Gasteiger partial charge in [-0.1, -0.05) is 57.8 Å². The lowest BCUT2D eigenvalue weighted by molar-refractivity contribution is 0.0931. The van der Waals surface area contributed by atoms with E-state index in [4.69, 9.17) is 0 Å². The highest BCUT2D eigenvalue weighted by atomic mass is 16.1. The van der Waals surface area contributed by atoms with Gasteiger partial charge in [-0.3, -0.25) is 9.20 Å². The molecule has 0 spiro atoms. The number of nitrogens with one attached hydrogen (secondary N) is 1. The van der Waals surface area contributed by atoms with Crippen molar-refractivity contribution < 1.29 is 4.79 Å². The highest BCUT2D eigenvalue weighted by molar-refractivity contribution is 5.95. The van der Waals surface area contributed by atoms with Crippen molar-refractivity contribution in [3.63, 3.8) is 0 Å². The smallest absolute Gasteiger partial charge is 0.251 e. The summed E-state index contributed by atoms with van der Waals surface area (Å²) in [6, 6.07) is 3.97. The van der Waals surface area contributed by atoms with Crippen LogP contribution in [-0.2, 0) is 0 Å². The molecule has 0 radical (unpaired) electrons. The van der Waals surface area contributed by atoms with Crippen LogP contribution in [0.5, 0.6) is 0 Å². The second-order valence-electron chi connectivity index (χ2n) is 7.32. The Kier molecular flexibility index (Phi) is 6.42. The summed E-state index contributed by atoms with van der Waals surface area (Å²) in [4.78, 5) is 12.7. The molecule has 1 saturated carbocycles. The largest absolute Gasteiger partial charge is 0.349 e. The number of aromatic nitrogens is 3. The maximum atomic E-state index is 12.7. The number of amides is 1. The summed E-state index contributed by atoms with van der Waals surface area (Å²) in [5.74, 6) is 0.849. The summed E-state index contributed by atoms with van der Waals surface area (Å²) in [5, 5.41) is 11.4. The first kappa shape index (κ1) is 17.9. The molecule has 2 heterocycles. The minimum atomic E-state index is 0.0141. The average Bonchev–Trinajstić information content (AvgIpc) is 2.98. The summed E-state index contributed by atoms with van der Waals surface area (Å²) < 4.78 is 1.90. The van der Waals surface area contributed by atoms with Gasteiger partial charge in [-0.05, 0) is 31.9 Å². The molecular weight excluding hydrogens is 312 g/mol. The Bertz CT molecular complexity index is 682. The maximum Gasteiger partial charge on any atom is 0.251 e. The Morgan fingerprint density at radius 3 is 2.24 bits per heavy atom. The van der Waals surface area contributed by atoms with Gasteiger partial charge in [0.2, 0.25) is 0 Å². The number of hydrogen-bond acceptors (Lipinski definition) is 3. The van der Waals surface area contributed by atoms with Gasteiger partial charge >= 0.3 is 0 Å². The zero-order valence-corrected chi connectivity index (χ0v) is 15.3. The van der Waals surface area contributed by atoms with Gasteiger partial charge in [0.15, 0.2) is 5.65 Å². The minimum absolute atomic E-state index is 0.0141. The van der Waals surface area contributed by atoms with Gasteiger partial charge in [0.25, 0.3) is 5.91 Å². The number of carbonyl (C=O) groups is 1. The van der Waals surface area contributed by atoms with Crippen molar-refractivity contribution in [2.24, 2.45) is 0 Å². The summed E-state index contributed by atoms with van der Waals surface area (Å²) in [6.07, 6.45) is 15.9. The molecule has 1 N–H and O–H groups in total. The number of fused-ring (bicyclic) bond motifs is 1. The summed E-state index contributed by atoms with van der Waals surface area (Å²) in [5.41, 5.74) is 1.40. The van der Waals surface area contributed by atoms with Crippen molar-refractivity contribution >= 4 is 11.6 Å². The van der Waals surface area contributed by atoms with Crippen molar-refractivity contribution in [2.45, 2.75) is 83.6 Å². The fraction of sp³-hybridized carbons (Fsp3) is 0.650. The maximum absolute atomic E-state index is 12.7. The first-order valence-electron chi connectivity index (χ1n) is 9.86.